The van der Waals surface area contributed by atoms with Crippen molar-refractivity contribution >= 4 is 33.7 Å². The van der Waals surface area contributed by atoms with E-state index in [9.17, 15) is 0 Å². The van der Waals surface area contributed by atoms with Gasteiger partial charge < -0.3 is 9.30 Å². The summed E-state index contributed by atoms with van der Waals surface area (Å²) in [5, 5.41) is 1.27. The molecule has 170 valence electrons. The first-order valence-electron chi connectivity index (χ1n) is 12.5. The van der Waals surface area contributed by atoms with Gasteiger partial charge in [0.15, 0.2) is 0 Å². The molecule has 0 radical (unpaired) electrons. The summed E-state index contributed by atoms with van der Waals surface area (Å²) in [6.45, 7) is 0. The first-order chi connectivity index (χ1) is 17.4. The molecule has 0 fully saturated rings. The van der Waals surface area contributed by atoms with E-state index in [2.05, 4.69) is 86.9 Å². The molecule has 2 aliphatic carbocycles. The summed E-state index contributed by atoms with van der Waals surface area (Å²) in [5.74, 6) is 1.00. The van der Waals surface area contributed by atoms with Crippen molar-refractivity contribution in [1.82, 2.24) is 19.1 Å². The fraction of sp³-hybridized carbons (Fsp3) is 0.200. The predicted octanol–water partition coefficient (Wildman–Crippen LogP) is 6.51. The van der Waals surface area contributed by atoms with Gasteiger partial charge in [-0.1, -0.05) is 48.6 Å². The Balaban J connectivity index is 1.46. The number of hydrogen-bond acceptors (Lipinski definition) is 3. The topological polar surface area (TPSA) is 44.9 Å². The Morgan fingerprint density at radius 1 is 0.971 bits per heavy atom. The molecule has 2 unspecified atom stereocenters. The van der Waals surface area contributed by atoms with E-state index in [1.54, 1.807) is 6.33 Å². The lowest BCUT2D eigenvalue weighted by Gasteiger charge is -2.26. The first-order valence-corrected chi connectivity index (χ1v) is 12.5. The molecule has 2 aromatic carbocycles. The van der Waals surface area contributed by atoms with Crippen molar-refractivity contribution in [3.05, 3.63) is 96.1 Å². The van der Waals surface area contributed by atoms with Crippen LogP contribution in [0, 0.1) is 0 Å². The predicted molar refractivity (Wildman–Crippen MR) is 139 cm³/mol. The number of aryl methyl sites for hydroxylation is 1. The van der Waals surface area contributed by atoms with Crippen LogP contribution >= 0.6 is 0 Å². The summed E-state index contributed by atoms with van der Waals surface area (Å²) in [6, 6.07) is 19.3. The van der Waals surface area contributed by atoms with Gasteiger partial charge >= 0.3 is 0 Å². The van der Waals surface area contributed by atoms with E-state index < -0.39 is 0 Å². The second-order valence-corrected chi connectivity index (χ2v) is 9.67. The molecule has 5 nitrogen and oxygen atoms in total. The molecule has 3 aromatic heterocycles. The molecule has 5 heteroatoms. The molecule has 0 bridgehead atoms. The number of ether oxygens (including phenoxy) is 1. The van der Waals surface area contributed by atoms with Crippen LogP contribution in [-0.2, 0) is 6.42 Å². The lowest BCUT2D eigenvalue weighted by molar-refractivity contribution is 0.247. The van der Waals surface area contributed by atoms with Gasteiger partial charge in [0.1, 0.15) is 29.3 Å². The largest absolute Gasteiger partial charge is 0.485 e. The van der Waals surface area contributed by atoms with Crippen molar-refractivity contribution in [2.75, 3.05) is 0 Å². The van der Waals surface area contributed by atoms with Crippen molar-refractivity contribution in [1.29, 1.82) is 0 Å². The SMILES string of the molecule is C1=Cc2c(c3c4ncncc4n(C4C=C5c6ccccc6OC5CC4)c3n2-c2ccccc2)CC1. The third-order valence-corrected chi connectivity index (χ3v) is 7.80. The van der Waals surface area contributed by atoms with Gasteiger partial charge in [0, 0.05) is 22.2 Å². The van der Waals surface area contributed by atoms with E-state index in [-0.39, 0.29) is 12.1 Å². The summed E-state index contributed by atoms with van der Waals surface area (Å²) >= 11 is 0. The average Bonchev–Trinajstić information content (AvgIpc) is 3.56. The van der Waals surface area contributed by atoms with Gasteiger partial charge in [0.2, 0.25) is 0 Å². The van der Waals surface area contributed by atoms with Crippen LogP contribution in [0.5, 0.6) is 5.75 Å². The molecule has 2 atom stereocenters. The zero-order chi connectivity index (χ0) is 22.9. The minimum absolute atomic E-state index is 0.147. The molecular weight excluding hydrogens is 432 g/mol. The second-order valence-electron chi connectivity index (χ2n) is 9.67. The minimum Gasteiger partial charge on any atom is -0.485 e. The highest BCUT2D eigenvalue weighted by Crippen LogP contribution is 2.47. The van der Waals surface area contributed by atoms with Gasteiger partial charge in [-0.3, -0.25) is 4.57 Å². The van der Waals surface area contributed by atoms with Gasteiger partial charge in [-0.15, -0.1) is 0 Å². The quantitative estimate of drug-likeness (QED) is 0.304. The Bertz CT molecular complexity index is 1690. The highest BCUT2D eigenvalue weighted by molar-refractivity contribution is 6.09. The normalized spacial score (nSPS) is 20.4. The smallest absolute Gasteiger partial charge is 0.128 e. The van der Waals surface area contributed by atoms with E-state index in [1.807, 2.05) is 6.20 Å². The van der Waals surface area contributed by atoms with Crippen LogP contribution in [0.25, 0.3) is 39.4 Å². The molecular formula is C30H24N4O. The van der Waals surface area contributed by atoms with Crippen LogP contribution in [0.2, 0.25) is 0 Å². The monoisotopic (exact) mass is 456 g/mol. The van der Waals surface area contributed by atoms with Crippen molar-refractivity contribution < 1.29 is 4.74 Å². The Morgan fingerprint density at radius 3 is 2.80 bits per heavy atom. The summed E-state index contributed by atoms with van der Waals surface area (Å²) in [5.41, 5.74) is 9.76. The van der Waals surface area contributed by atoms with E-state index >= 15 is 0 Å². The number of aromatic nitrogens is 4. The molecule has 35 heavy (non-hydrogen) atoms. The summed E-state index contributed by atoms with van der Waals surface area (Å²) in [4.78, 5) is 9.29. The van der Waals surface area contributed by atoms with Crippen LogP contribution in [0.15, 0.2) is 79.3 Å². The van der Waals surface area contributed by atoms with E-state index in [1.165, 1.54) is 39.1 Å². The number of rotatable bonds is 2. The number of fused-ring (bicyclic) bond motifs is 8. The summed E-state index contributed by atoms with van der Waals surface area (Å²) in [6.07, 6.45) is 14.9. The van der Waals surface area contributed by atoms with Crippen LogP contribution in [0.1, 0.15) is 42.1 Å². The maximum Gasteiger partial charge on any atom is 0.128 e. The fourth-order valence-electron chi connectivity index (χ4n) is 6.36. The Morgan fingerprint density at radius 2 is 1.86 bits per heavy atom. The van der Waals surface area contributed by atoms with Crippen LogP contribution in [0.4, 0.5) is 0 Å². The van der Waals surface area contributed by atoms with Crippen molar-refractivity contribution in [2.45, 2.75) is 37.8 Å². The van der Waals surface area contributed by atoms with Gasteiger partial charge in [0.05, 0.1) is 23.4 Å². The molecule has 1 aliphatic heterocycles. The summed E-state index contributed by atoms with van der Waals surface area (Å²) in [7, 11) is 0. The van der Waals surface area contributed by atoms with Gasteiger partial charge in [-0.25, -0.2) is 9.97 Å². The number of allylic oxidation sites excluding steroid dienone is 2. The molecule has 4 heterocycles. The maximum absolute atomic E-state index is 6.29. The lowest BCUT2D eigenvalue weighted by Crippen LogP contribution is -2.21. The van der Waals surface area contributed by atoms with Crippen molar-refractivity contribution in [2.24, 2.45) is 0 Å². The number of benzene rings is 2. The van der Waals surface area contributed by atoms with E-state index in [0.717, 1.165) is 42.5 Å². The Hall–Kier alpha value is -4.12. The molecule has 8 rings (SSSR count). The molecule has 0 spiro atoms. The average molecular weight is 457 g/mol. The maximum atomic E-state index is 6.29. The first kappa shape index (κ1) is 19.2. The number of para-hydroxylation sites is 2. The van der Waals surface area contributed by atoms with E-state index in [0.29, 0.717) is 0 Å². The lowest BCUT2D eigenvalue weighted by atomic mass is 9.90. The standard InChI is InChI=1S/C30H24N4O/c1-2-8-19(9-3-1)33-24-12-6-4-11-22(24)28-29-25(17-31-18-32-29)34(30(28)33)20-14-15-27-23(16-20)21-10-5-7-13-26(21)35-27/h1-3,5-10,12-13,16-18,20,27H,4,11,14-15H2. The molecule has 0 amide bonds. The fourth-order valence-corrected chi connectivity index (χ4v) is 6.36. The number of nitrogens with zero attached hydrogens (tertiary/aromatic N) is 4. The highest BCUT2D eigenvalue weighted by atomic mass is 16.5. The third kappa shape index (κ3) is 2.64. The van der Waals surface area contributed by atoms with E-state index in [4.69, 9.17) is 9.72 Å². The van der Waals surface area contributed by atoms with Gasteiger partial charge in [0.25, 0.3) is 0 Å². The van der Waals surface area contributed by atoms with Crippen LogP contribution < -0.4 is 4.74 Å². The Kier molecular flexibility index (Phi) is 3.95. The highest BCUT2D eigenvalue weighted by Gasteiger charge is 2.35. The summed E-state index contributed by atoms with van der Waals surface area (Å²) < 4.78 is 11.2. The molecule has 5 aromatic rings. The number of hydrogen-bond donors (Lipinski definition) is 0. The van der Waals surface area contributed by atoms with Crippen molar-refractivity contribution in [3.63, 3.8) is 0 Å². The van der Waals surface area contributed by atoms with Gasteiger partial charge in [-0.05, 0) is 55.5 Å². The minimum atomic E-state index is 0.147. The second kappa shape index (κ2) is 7.19. The van der Waals surface area contributed by atoms with Crippen molar-refractivity contribution in [3.8, 4) is 11.4 Å². The third-order valence-electron chi connectivity index (χ3n) is 7.80. The molecule has 0 saturated carbocycles. The molecule has 3 aliphatic rings. The van der Waals surface area contributed by atoms with Gasteiger partial charge in [-0.2, -0.15) is 0 Å². The molecule has 0 N–H and O–H groups in total. The van der Waals surface area contributed by atoms with Crippen LogP contribution in [0.3, 0.4) is 0 Å². The Labute approximate surface area is 203 Å². The zero-order valence-corrected chi connectivity index (χ0v) is 19.3. The molecule has 0 saturated heterocycles. The van der Waals surface area contributed by atoms with Crippen LogP contribution in [-0.4, -0.2) is 25.2 Å². The zero-order valence-electron chi connectivity index (χ0n) is 19.3.